The average molecular weight is 302 g/mol. The van der Waals surface area contributed by atoms with Crippen LogP contribution in [0, 0.1) is 5.41 Å². The Kier molecular flexibility index (Phi) is 3.56. The topological polar surface area (TPSA) is 87.8 Å². The van der Waals surface area contributed by atoms with E-state index in [0.29, 0.717) is 37.0 Å². The molecule has 1 atom stereocenters. The molecule has 1 aliphatic heterocycles. The second-order valence-corrected chi connectivity index (χ2v) is 5.75. The molecule has 22 heavy (non-hydrogen) atoms. The van der Waals surface area contributed by atoms with Crippen LogP contribution in [0.25, 0.3) is 5.65 Å². The Morgan fingerprint density at radius 3 is 3.00 bits per heavy atom. The zero-order valence-corrected chi connectivity index (χ0v) is 12.4. The third kappa shape index (κ3) is 2.22. The summed E-state index contributed by atoms with van der Waals surface area (Å²) in [5.74, 6) is -1.01. The van der Waals surface area contributed by atoms with Gasteiger partial charge in [0.05, 0.1) is 11.0 Å². The van der Waals surface area contributed by atoms with Crippen LogP contribution in [0.5, 0.6) is 0 Å². The van der Waals surface area contributed by atoms with Crippen LogP contribution < -0.4 is 0 Å². The molecule has 0 bridgehead atoms. The Morgan fingerprint density at radius 1 is 1.45 bits per heavy atom. The van der Waals surface area contributed by atoms with Gasteiger partial charge in [-0.15, -0.1) is 10.2 Å². The van der Waals surface area contributed by atoms with Crippen molar-refractivity contribution in [2.24, 2.45) is 5.41 Å². The van der Waals surface area contributed by atoms with Crippen molar-refractivity contribution in [2.45, 2.75) is 26.2 Å². The van der Waals surface area contributed by atoms with E-state index in [0.717, 1.165) is 0 Å². The quantitative estimate of drug-likeness (QED) is 0.927. The van der Waals surface area contributed by atoms with Crippen molar-refractivity contribution in [3.05, 3.63) is 30.2 Å². The molecule has 7 nitrogen and oxygen atoms in total. The molecule has 1 N–H and O–H groups in total. The fraction of sp³-hybridized carbons (Fsp3) is 0.467. The highest BCUT2D eigenvalue weighted by molar-refractivity contribution is 6.00. The van der Waals surface area contributed by atoms with E-state index in [1.54, 1.807) is 27.6 Å². The Hall–Kier alpha value is -2.44. The summed E-state index contributed by atoms with van der Waals surface area (Å²) in [4.78, 5) is 26.0. The van der Waals surface area contributed by atoms with Gasteiger partial charge in [-0.3, -0.25) is 14.0 Å². The Morgan fingerprint density at radius 2 is 2.27 bits per heavy atom. The molecule has 116 valence electrons. The number of carboxylic acids is 1. The molecule has 7 heteroatoms. The van der Waals surface area contributed by atoms with Crippen LogP contribution >= 0.6 is 0 Å². The number of hydrogen-bond donors (Lipinski definition) is 1. The maximum Gasteiger partial charge on any atom is 0.311 e. The number of piperidine rings is 1. The van der Waals surface area contributed by atoms with Crippen LogP contribution in [0.4, 0.5) is 0 Å². The SMILES string of the molecule is CCC1(C(=O)O)CCCN(C(=O)c2cccn3cnnc23)C1. The minimum absolute atomic E-state index is 0.183. The van der Waals surface area contributed by atoms with E-state index < -0.39 is 11.4 Å². The number of carbonyl (C=O) groups is 2. The zero-order chi connectivity index (χ0) is 15.7. The first-order valence-corrected chi connectivity index (χ1v) is 7.38. The molecule has 3 rings (SSSR count). The predicted octanol–water partition coefficient (Wildman–Crippen LogP) is 1.45. The van der Waals surface area contributed by atoms with Gasteiger partial charge in [0.15, 0.2) is 5.65 Å². The van der Waals surface area contributed by atoms with Gasteiger partial charge in [0.2, 0.25) is 0 Å². The first kappa shape index (κ1) is 14.5. The molecular formula is C15H18N4O3. The number of nitrogens with zero attached hydrogens (tertiary/aromatic N) is 4. The van der Waals surface area contributed by atoms with Crippen LogP contribution in [0.3, 0.4) is 0 Å². The summed E-state index contributed by atoms with van der Waals surface area (Å²) in [5, 5.41) is 17.3. The largest absolute Gasteiger partial charge is 0.481 e. The number of likely N-dealkylation sites (tertiary alicyclic amines) is 1. The monoisotopic (exact) mass is 302 g/mol. The predicted molar refractivity (Wildman–Crippen MR) is 78.5 cm³/mol. The molecule has 2 aromatic rings. The smallest absolute Gasteiger partial charge is 0.311 e. The van der Waals surface area contributed by atoms with E-state index >= 15 is 0 Å². The third-order valence-electron chi connectivity index (χ3n) is 4.55. The molecule has 1 fully saturated rings. The van der Waals surface area contributed by atoms with Crippen LogP contribution in [0.2, 0.25) is 0 Å². The number of carbonyl (C=O) groups excluding carboxylic acids is 1. The van der Waals surface area contributed by atoms with Crippen molar-refractivity contribution in [3.63, 3.8) is 0 Å². The van der Waals surface area contributed by atoms with Gasteiger partial charge in [0, 0.05) is 19.3 Å². The molecule has 0 aliphatic carbocycles. The van der Waals surface area contributed by atoms with Gasteiger partial charge in [0.1, 0.15) is 6.33 Å². The standard InChI is InChI=1S/C15H18N4O3/c1-2-15(14(21)22)6-4-8-18(9-15)13(20)11-5-3-7-19-10-16-17-12(11)19/h3,5,7,10H,2,4,6,8-9H2,1H3,(H,21,22). The Balaban J connectivity index is 1.92. The van der Waals surface area contributed by atoms with Crippen LogP contribution in [-0.2, 0) is 4.79 Å². The fourth-order valence-electron chi connectivity index (χ4n) is 3.11. The zero-order valence-electron chi connectivity index (χ0n) is 12.4. The number of aromatic nitrogens is 3. The molecule has 1 aliphatic rings. The highest BCUT2D eigenvalue weighted by Gasteiger charge is 2.42. The molecule has 0 radical (unpaired) electrons. The molecule has 1 amide bonds. The lowest BCUT2D eigenvalue weighted by atomic mass is 9.77. The van der Waals surface area contributed by atoms with E-state index in [4.69, 9.17) is 0 Å². The summed E-state index contributed by atoms with van der Waals surface area (Å²) in [6.07, 6.45) is 5.13. The number of hydrogen-bond acceptors (Lipinski definition) is 4. The minimum atomic E-state index is -0.841. The average Bonchev–Trinajstić information content (AvgIpc) is 3.02. The molecule has 3 heterocycles. The van der Waals surface area contributed by atoms with Crippen molar-refractivity contribution >= 4 is 17.5 Å². The lowest BCUT2D eigenvalue weighted by Crippen LogP contribution is -2.49. The summed E-state index contributed by atoms with van der Waals surface area (Å²) in [7, 11) is 0. The maximum absolute atomic E-state index is 12.8. The van der Waals surface area contributed by atoms with E-state index in [-0.39, 0.29) is 12.5 Å². The number of aliphatic carboxylic acids is 1. The highest BCUT2D eigenvalue weighted by Crippen LogP contribution is 2.34. The van der Waals surface area contributed by atoms with Gasteiger partial charge in [-0.05, 0) is 31.4 Å². The number of fused-ring (bicyclic) bond motifs is 1. The molecule has 0 saturated carbocycles. The molecule has 0 spiro atoms. The molecule has 1 unspecified atom stereocenters. The molecule has 1 saturated heterocycles. The maximum atomic E-state index is 12.8. The van der Waals surface area contributed by atoms with Crippen molar-refractivity contribution < 1.29 is 14.7 Å². The summed E-state index contributed by atoms with van der Waals surface area (Å²) in [5.41, 5.74) is 0.111. The Labute approximate surface area is 127 Å². The summed E-state index contributed by atoms with van der Waals surface area (Å²) in [6.45, 7) is 2.68. The molecule has 0 aromatic carbocycles. The lowest BCUT2D eigenvalue weighted by molar-refractivity contribution is -0.152. The lowest BCUT2D eigenvalue weighted by Gasteiger charge is -2.39. The van der Waals surface area contributed by atoms with Gasteiger partial charge >= 0.3 is 5.97 Å². The Bertz CT molecular complexity index is 726. The molecular weight excluding hydrogens is 284 g/mol. The number of amides is 1. The van der Waals surface area contributed by atoms with Crippen molar-refractivity contribution in [1.82, 2.24) is 19.5 Å². The summed E-state index contributed by atoms with van der Waals surface area (Å²) >= 11 is 0. The molecule has 2 aromatic heterocycles. The summed E-state index contributed by atoms with van der Waals surface area (Å²) < 4.78 is 1.68. The highest BCUT2D eigenvalue weighted by atomic mass is 16.4. The van der Waals surface area contributed by atoms with Crippen molar-refractivity contribution in [3.8, 4) is 0 Å². The van der Waals surface area contributed by atoms with E-state index in [1.165, 1.54) is 6.33 Å². The number of pyridine rings is 1. The fourth-order valence-corrected chi connectivity index (χ4v) is 3.11. The van der Waals surface area contributed by atoms with Gasteiger partial charge in [-0.25, -0.2) is 0 Å². The normalized spacial score (nSPS) is 22.0. The van der Waals surface area contributed by atoms with Gasteiger partial charge < -0.3 is 10.0 Å². The first-order chi connectivity index (χ1) is 10.6. The van der Waals surface area contributed by atoms with Gasteiger partial charge in [-0.1, -0.05) is 6.92 Å². The van der Waals surface area contributed by atoms with E-state index in [2.05, 4.69) is 10.2 Å². The van der Waals surface area contributed by atoms with E-state index in [9.17, 15) is 14.7 Å². The first-order valence-electron chi connectivity index (χ1n) is 7.38. The second-order valence-electron chi connectivity index (χ2n) is 5.75. The van der Waals surface area contributed by atoms with Crippen LogP contribution in [-0.4, -0.2) is 49.6 Å². The van der Waals surface area contributed by atoms with Crippen LogP contribution in [0.1, 0.15) is 36.5 Å². The van der Waals surface area contributed by atoms with Crippen molar-refractivity contribution in [1.29, 1.82) is 0 Å². The number of carboxylic acid groups (broad SMARTS) is 1. The summed E-state index contributed by atoms with van der Waals surface area (Å²) in [6, 6.07) is 3.47. The second kappa shape index (κ2) is 5.40. The third-order valence-corrected chi connectivity index (χ3v) is 4.55. The van der Waals surface area contributed by atoms with Crippen LogP contribution in [0.15, 0.2) is 24.7 Å². The number of rotatable bonds is 3. The van der Waals surface area contributed by atoms with Gasteiger partial charge in [-0.2, -0.15) is 0 Å². The van der Waals surface area contributed by atoms with Gasteiger partial charge in [0.25, 0.3) is 5.91 Å². The minimum Gasteiger partial charge on any atom is -0.481 e. The van der Waals surface area contributed by atoms with Crippen molar-refractivity contribution in [2.75, 3.05) is 13.1 Å². The van der Waals surface area contributed by atoms with E-state index in [1.807, 2.05) is 6.92 Å².